The third-order valence-electron chi connectivity index (χ3n) is 1.56. The van der Waals surface area contributed by atoms with Crippen molar-refractivity contribution in [2.24, 2.45) is 0 Å². The molecule has 0 aliphatic rings. The van der Waals surface area contributed by atoms with Gasteiger partial charge in [-0.2, -0.15) is 0 Å². The van der Waals surface area contributed by atoms with E-state index in [1.807, 2.05) is 24.3 Å². The molecule has 0 bridgehead atoms. The molecule has 2 radical (unpaired) electrons. The Balaban J connectivity index is 2.75. The van der Waals surface area contributed by atoms with Crippen molar-refractivity contribution in [1.82, 2.24) is 0 Å². The Kier molecular flexibility index (Phi) is 3.26. The molecule has 0 heterocycles. The smallest absolute Gasteiger partial charge is 0.160 e. The Morgan fingerprint density at radius 3 is 2.46 bits per heavy atom. The van der Waals surface area contributed by atoms with Crippen LogP contribution in [0.4, 0.5) is 0 Å². The van der Waals surface area contributed by atoms with E-state index in [1.54, 1.807) is 13.2 Å². The zero-order chi connectivity index (χ0) is 9.68. The molecular weight excluding hydrogens is 164 g/mol. The van der Waals surface area contributed by atoms with Crippen molar-refractivity contribution >= 4 is 11.9 Å². The molecule has 1 rings (SSSR count). The average Bonchev–Trinajstić information content (AvgIpc) is 2.15. The topological polar surface area (TPSA) is 26.3 Å². The standard InChI is InChI=1S/C11H10O2/c1-9(12)3-4-10-5-7-11(13-2)8-6-10/h1,3-8H,2H3/b4-3+. The first kappa shape index (κ1) is 9.52. The largest absolute Gasteiger partial charge is 0.497 e. The van der Waals surface area contributed by atoms with Gasteiger partial charge in [-0.1, -0.05) is 18.2 Å². The number of carbonyl (C=O) groups excluding carboxylic acids is 1. The molecular formula is C11H10O2. The molecule has 2 heteroatoms. The number of ketones is 1. The molecule has 0 atom stereocenters. The summed E-state index contributed by atoms with van der Waals surface area (Å²) in [5.74, 6) is 0.340. The molecule has 0 aliphatic heterocycles. The summed E-state index contributed by atoms with van der Waals surface area (Å²) in [6.45, 7) is 4.95. The van der Waals surface area contributed by atoms with Gasteiger partial charge in [0.05, 0.1) is 7.11 Å². The minimum absolute atomic E-state index is 0.448. The number of rotatable bonds is 3. The van der Waals surface area contributed by atoms with E-state index < -0.39 is 5.78 Å². The molecule has 66 valence electrons. The molecule has 0 aliphatic carbocycles. The number of carbonyl (C=O) groups is 1. The number of hydrogen-bond donors (Lipinski definition) is 0. The van der Waals surface area contributed by atoms with Crippen LogP contribution < -0.4 is 4.74 Å². The highest BCUT2D eigenvalue weighted by atomic mass is 16.5. The average molecular weight is 174 g/mol. The zero-order valence-corrected chi connectivity index (χ0v) is 7.36. The van der Waals surface area contributed by atoms with E-state index in [4.69, 9.17) is 11.7 Å². The molecule has 1 aromatic carbocycles. The van der Waals surface area contributed by atoms with Gasteiger partial charge < -0.3 is 4.74 Å². The lowest BCUT2D eigenvalue weighted by Gasteiger charge is -1.98. The number of allylic oxidation sites excluding steroid dienone is 1. The van der Waals surface area contributed by atoms with Gasteiger partial charge in [-0.25, -0.2) is 0 Å². The van der Waals surface area contributed by atoms with Crippen LogP contribution in [0.2, 0.25) is 0 Å². The third kappa shape index (κ3) is 3.11. The van der Waals surface area contributed by atoms with Crippen LogP contribution in [0.3, 0.4) is 0 Å². The van der Waals surface area contributed by atoms with E-state index in [1.165, 1.54) is 6.08 Å². The number of methoxy groups -OCH3 is 1. The number of ether oxygens (including phenoxy) is 1. The summed E-state index contributed by atoms with van der Waals surface area (Å²) in [6.07, 6.45) is 2.98. The second-order valence-electron chi connectivity index (χ2n) is 2.51. The Morgan fingerprint density at radius 2 is 2.00 bits per heavy atom. The maximum absolute atomic E-state index is 10.4. The van der Waals surface area contributed by atoms with Gasteiger partial charge in [0.1, 0.15) is 5.75 Å². The van der Waals surface area contributed by atoms with Crippen molar-refractivity contribution in [1.29, 1.82) is 0 Å². The van der Waals surface area contributed by atoms with Crippen molar-refractivity contribution in [3.05, 3.63) is 42.8 Å². The molecule has 0 spiro atoms. The highest BCUT2D eigenvalue weighted by Gasteiger charge is 1.90. The molecule has 0 saturated heterocycles. The van der Waals surface area contributed by atoms with Crippen LogP contribution in [-0.4, -0.2) is 12.9 Å². The van der Waals surface area contributed by atoms with Gasteiger partial charge in [0.25, 0.3) is 0 Å². The second kappa shape index (κ2) is 4.45. The maximum Gasteiger partial charge on any atom is 0.160 e. The zero-order valence-electron chi connectivity index (χ0n) is 7.36. The minimum Gasteiger partial charge on any atom is -0.497 e. The van der Waals surface area contributed by atoms with Crippen LogP contribution in [0, 0.1) is 6.92 Å². The van der Waals surface area contributed by atoms with Crippen LogP contribution in [-0.2, 0) is 4.79 Å². The lowest BCUT2D eigenvalue weighted by atomic mass is 10.2. The number of benzene rings is 1. The van der Waals surface area contributed by atoms with E-state index in [2.05, 4.69) is 0 Å². The normalized spacial score (nSPS) is 10.3. The van der Waals surface area contributed by atoms with Crippen LogP contribution >= 0.6 is 0 Å². The summed E-state index contributed by atoms with van der Waals surface area (Å²) in [4.78, 5) is 10.4. The van der Waals surface area contributed by atoms with Gasteiger partial charge in [0.15, 0.2) is 5.78 Å². The summed E-state index contributed by atoms with van der Waals surface area (Å²) < 4.78 is 4.98. The van der Waals surface area contributed by atoms with Crippen LogP contribution in [0.1, 0.15) is 5.56 Å². The predicted molar refractivity (Wildman–Crippen MR) is 51.3 cm³/mol. The first-order valence-corrected chi connectivity index (χ1v) is 3.84. The second-order valence-corrected chi connectivity index (χ2v) is 2.51. The Morgan fingerprint density at radius 1 is 1.38 bits per heavy atom. The van der Waals surface area contributed by atoms with Gasteiger partial charge in [0.2, 0.25) is 0 Å². The lowest BCUT2D eigenvalue weighted by Crippen LogP contribution is -1.83. The summed E-state index contributed by atoms with van der Waals surface area (Å²) in [5.41, 5.74) is 0.916. The molecule has 1 aromatic rings. The van der Waals surface area contributed by atoms with Crippen molar-refractivity contribution in [3.63, 3.8) is 0 Å². The highest BCUT2D eigenvalue weighted by molar-refractivity contribution is 5.96. The SMILES string of the molecule is [CH]C(=O)/C=C/c1ccc(OC)cc1. The highest BCUT2D eigenvalue weighted by Crippen LogP contribution is 2.11. The fraction of sp³-hybridized carbons (Fsp3) is 0.0909. The number of hydrogen-bond acceptors (Lipinski definition) is 2. The molecule has 0 aromatic heterocycles. The minimum atomic E-state index is -0.448. The molecule has 0 saturated carbocycles. The fourth-order valence-electron chi connectivity index (χ4n) is 0.893. The quantitative estimate of drug-likeness (QED) is 0.655. The summed E-state index contributed by atoms with van der Waals surface area (Å²) in [6, 6.07) is 7.33. The monoisotopic (exact) mass is 174 g/mol. The first-order chi connectivity index (χ1) is 6.22. The van der Waals surface area contributed by atoms with E-state index in [-0.39, 0.29) is 0 Å². The van der Waals surface area contributed by atoms with Crippen LogP contribution in [0.5, 0.6) is 5.75 Å². The summed E-state index contributed by atoms with van der Waals surface area (Å²) >= 11 is 0. The molecule has 0 fully saturated rings. The van der Waals surface area contributed by atoms with Gasteiger partial charge in [0, 0.05) is 6.92 Å². The maximum atomic E-state index is 10.4. The Bertz CT molecular complexity index is 309. The third-order valence-corrected chi connectivity index (χ3v) is 1.56. The summed E-state index contributed by atoms with van der Waals surface area (Å²) in [7, 11) is 1.61. The molecule has 0 unspecified atom stereocenters. The van der Waals surface area contributed by atoms with Crippen LogP contribution in [0.25, 0.3) is 6.08 Å². The van der Waals surface area contributed by atoms with Gasteiger partial charge in [-0.3, -0.25) is 4.79 Å². The molecule has 2 nitrogen and oxygen atoms in total. The predicted octanol–water partition coefficient (Wildman–Crippen LogP) is 1.99. The van der Waals surface area contributed by atoms with Gasteiger partial charge in [-0.05, 0) is 23.8 Å². The summed E-state index contributed by atoms with van der Waals surface area (Å²) in [5, 5.41) is 0. The van der Waals surface area contributed by atoms with Crippen molar-refractivity contribution in [3.8, 4) is 5.75 Å². The van der Waals surface area contributed by atoms with E-state index in [0.717, 1.165) is 11.3 Å². The van der Waals surface area contributed by atoms with E-state index in [9.17, 15) is 4.79 Å². The molecule has 13 heavy (non-hydrogen) atoms. The lowest BCUT2D eigenvalue weighted by molar-refractivity contribution is -0.110. The van der Waals surface area contributed by atoms with Gasteiger partial charge in [-0.15, -0.1) is 0 Å². The fourth-order valence-corrected chi connectivity index (χ4v) is 0.893. The van der Waals surface area contributed by atoms with Crippen molar-refractivity contribution in [2.45, 2.75) is 0 Å². The van der Waals surface area contributed by atoms with Crippen molar-refractivity contribution < 1.29 is 9.53 Å². The van der Waals surface area contributed by atoms with Crippen LogP contribution in [0.15, 0.2) is 30.3 Å². The molecule has 0 amide bonds. The Labute approximate surface area is 77.8 Å². The first-order valence-electron chi connectivity index (χ1n) is 3.84. The Hall–Kier alpha value is -1.57. The molecule has 0 N–H and O–H groups in total. The van der Waals surface area contributed by atoms with Gasteiger partial charge >= 0.3 is 0 Å². The van der Waals surface area contributed by atoms with E-state index in [0.29, 0.717) is 0 Å². The van der Waals surface area contributed by atoms with E-state index >= 15 is 0 Å². The van der Waals surface area contributed by atoms with Crippen molar-refractivity contribution in [2.75, 3.05) is 7.11 Å².